The maximum absolute atomic E-state index is 12.0. The molecule has 1 amide bonds. The summed E-state index contributed by atoms with van der Waals surface area (Å²) in [6, 6.07) is 5.26. The molecule has 0 aromatic heterocycles. The van der Waals surface area contributed by atoms with Gasteiger partial charge < -0.3 is 10.4 Å². The molecule has 0 unspecified atom stereocenters. The summed E-state index contributed by atoms with van der Waals surface area (Å²) < 4.78 is 0. The largest absolute Gasteiger partial charge is 0.478 e. The van der Waals surface area contributed by atoms with Crippen LogP contribution < -0.4 is 5.32 Å². The first-order chi connectivity index (χ1) is 8.89. The Morgan fingerprint density at radius 2 is 2.05 bits per heavy atom. The third-order valence-corrected chi connectivity index (χ3v) is 3.35. The fourth-order valence-corrected chi connectivity index (χ4v) is 1.82. The molecule has 1 aliphatic carbocycles. The van der Waals surface area contributed by atoms with Gasteiger partial charge in [0.05, 0.1) is 0 Å². The van der Waals surface area contributed by atoms with Crippen molar-refractivity contribution in [1.82, 2.24) is 5.32 Å². The average molecular weight is 259 g/mol. The van der Waals surface area contributed by atoms with Gasteiger partial charge in [0.1, 0.15) is 0 Å². The van der Waals surface area contributed by atoms with Crippen molar-refractivity contribution in [3.8, 4) is 0 Å². The Morgan fingerprint density at radius 1 is 1.37 bits per heavy atom. The van der Waals surface area contributed by atoms with Crippen molar-refractivity contribution >= 4 is 18.0 Å². The molecule has 1 fully saturated rings. The van der Waals surface area contributed by atoms with Crippen molar-refractivity contribution in [2.45, 2.75) is 32.2 Å². The van der Waals surface area contributed by atoms with Gasteiger partial charge in [0.15, 0.2) is 0 Å². The molecule has 1 aromatic carbocycles. The van der Waals surface area contributed by atoms with Gasteiger partial charge in [-0.1, -0.05) is 6.07 Å². The first kappa shape index (κ1) is 13.3. The molecule has 0 bridgehead atoms. The number of carbonyl (C=O) groups excluding carboxylic acids is 1. The maximum Gasteiger partial charge on any atom is 0.328 e. The molecule has 4 nitrogen and oxygen atoms in total. The van der Waals surface area contributed by atoms with Gasteiger partial charge in [-0.15, -0.1) is 0 Å². The third-order valence-electron chi connectivity index (χ3n) is 3.35. The molecule has 4 heteroatoms. The molecular formula is C15H17NO3. The number of carbonyl (C=O) groups is 2. The third kappa shape index (κ3) is 3.44. The Labute approximate surface area is 112 Å². The minimum absolute atomic E-state index is 0.0349. The smallest absolute Gasteiger partial charge is 0.328 e. The van der Waals surface area contributed by atoms with Gasteiger partial charge in [-0.2, -0.15) is 0 Å². The second-order valence-electron chi connectivity index (χ2n) is 5.26. The number of hydrogen-bond acceptors (Lipinski definition) is 2. The number of aliphatic carboxylic acids is 1. The highest BCUT2D eigenvalue weighted by Crippen LogP contribution is 2.34. The zero-order valence-corrected chi connectivity index (χ0v) is 11.1. The standard InChI is InChI=1S/C15H17NO3/c1-10-9-12(14(19)16-15(2)7-8-15)4-3-11(10)5-6-13(17)18/h3-6,9H,7-8H2,1-2H3,(H,16,19)(H,17,18)/b6-5+. The molecule has 1 saturated carbocycles. The Bertz CT molecular complexity index is 557. The summed E-state index contributed by atoms with van der Waals surface area (Å²) in [5, 5.41) is 11.6. The van der Waals surface area contributed by atoms with Crippen LogP contribution in [0.15, 0.2) is 24.3 Å². The second kappa shape index (κ2) is 4.88. The van der Waals surface area contributed by atoms with Crippen molar-refractivity contribution < 1.29 is 14.7 Å². The molecule has 100 valence electrons. The lowest BCUT2D eigenvalue weighted by molar-refractivity contribution is -0.131. The number of hydrogen-bond donors (Lipinski definition) is 2. The Hall–Kier alpha value is -2.10. The fourth-order valence-electron chi connectivity index (χ4n) is 1.82. The molecule has 0 radical (unpaired) electrons. The van der Waals surface area contributed by atoms with E-state index in [0.717, 1.165) is 30.0 Å². The molecule has 19 heavy (non-hydrogen) atoms. The van der Waals surface area contributed by atoms with Gasteiger partial charge in [-0.05, 0) is 56.0 Å². The predicted octanol–water partition coefficient (Wildman–Crippen LogP) is 2.38. The molecule has 0 spiro atoms. The van der Waals surface area contributed by atoms with Crippen molar-refractivity contribution in [3.05, 3.63) is 41.0 Å². The van der Waals surface area contributed by atoms with E-state index in [1.54, 1.807) is 18.2 Å². The van der Waals surface area contributed by atoms with Crippen molar-refractivity contribution in [3.63, 3.8) is 0 Å². The first-order valence-electron chi connectivity index (χ1n) is 6.24. The molecule has 2 rings (SSSR count). The second-order valence-corrected chi connectivity index (χ2v) is 5.26. The van der Waals surface area contributed by atoms with Crippen molar-refractivity contribution in [1.29, 1.82) is 0 Å². The zero-order chi connectivity index (χ0) is 14.0. The fraction of sp³-hybridized carbons (Fsp3) is 0.333. The number of carboxylic acids is 1. The van der Waals surface area contributed by atoms with Crippen LogP contribution in [-0.2, 0) is 4.79 Å². The minimum Gasteiger partial charge on any atom is -0.478 e. The van der Waals surface area contributed by atoms with Gasteiger partial charge in [-0.3, -0.25) is 4.79 Å². The van der Waals surface area contributed by atoms with Gasteiger partial charge in [0.2, 0.25) is 0 Å². The van der Waals surface area contributed by atoms with Crippen molar-refractivity contribution in [2.24, 2.45) is 0 Å². The lowest BCUT2D eigenvalue weighted by atomic mass is 10.0. The quantitative estimate of drug-likeness (QED) is 0.816. The molecule has 0 atom stereocenters. The predicted molar refractivity (Wildman–Crippen MR) is 73.0 cm³/mol. The van der Waals surface area contributed by atoms with E-state index >= 15 is 0 Å². The summed E-state index contributed by atoms with van der Waals surface area (Å²) in [4.78, 5) is 22.5. The lowest BCUT2D eigenvalue weighted by Gasteiger charge is -2.12. The van der Waals surface area contributed by atoms with E-state index in [2.05, 4.69) is 5.32 Å². The van der Waals surface area contributed by atoms with Gasteiger partial charge in [0, 0.05) is 17.2 Å². The van der Waals surface area contributed by atoms with Crippen LogP contribution in [0, 0.1) is 6.92 Å². The van der Waals surface area contributed by atoms with Crippen LogP contribution in [0.25, 0.3) is 6.08 Å². The van der Waals surface area contributed by atoms with Crippen LogP contribution in [0.4, 0.5) is 0 Å². The topological polar surface area (TPSA) is 66.4 Å². The highest BCUT2D eigenvalue weighted by molar-refractivity contribution is 5.95. The number of nitrogens with one attached hydrogen (secondary N) is 1. The van der Waals surface area contributed by atoms with E-state index in [1.807, 2.05) is 13.8 Å². The summed E-state index contributed by atoms with van der Waals surface area (Å²) in [7, 11) is 0. The average Bonchev–Trinajstić information content (AvgIpc) is 3.04. The Balaban J connectivity index is 2.14. The van der Waals surface area contributed by atoms with Gasteiger partial charge >= 0.3 is 5.97 Å². The molecule has 2 N–H and O–H groups in total. The van der Waals surface area contributed by atoms with Gasteiger partial charge in [-0.25, -0.2) is 4.79 Å². The molecule has 0 heterocycles. The summed E-state index contributed by atoms with van der Waals surface area (Å²) in [5.74, 6) is -1.06. The number of aryl methyl sites for hydroxylation is 1. The number of rotatable bonds is 4. The molecular weight excluding hydrogens is 242 g/mol. The van der Waals surface area contributed by atoms with Crippen molar-refractivity contribution in [2.75, 3.05) is 0 Å². The van der Waals surface area contributed by atoms with Crippen LogP contribution in [-0.4, -0.2) is 22.5 Å². The molecule has 1 aliphatic rings. The van der Waals surface area contributed by atoms with E-state index in [-0.39, 0.29) is 11.4 Å². The first-order valence-corrected chi connectivity index (χ1v) is 6.24. The van der Waals surface area contributed by atoms with Crippen LogP contribution in [0.3, 0.4) is 0 Å². The number of benzene rings is 1. The number of carboxylic acid groups (broad SMARTS) is 1. The highest BCUT2D eigenvalue weighted by Gasteiger charge is 2.38. The Morgan fingerprint density at radius 3 is 2.58 bits per heavy atom. The Kier molecular flexibility index (Phi) is 3.42. The summed E-state index contributed by atoms with van der Waals surface area (Å²) in [6.45, 7) is 3.89. The summed E-state index contributed by atoms with van der Waals surface area (Å²) >= 11 is 0. The van der Waals surface area contributed by atoms with E-state index < -0.39 is 5.97 Å². The molecule has 1 aromatic rings. The SMILES string of the molecule is Cc1cc(C(=O)NC2(C)CC2)ccc1/C=C/C(=O)O. The van der Waals surface area contributed by atoms with E-state index in [0.29, 0.717) is 5.56 Å². The minimum atomic E-state index is -0.983. The summed E-state index contributed by atoms with van der Waals surface area (Å²) in [6.07, 6.45) is 4.67. The molecule has 0 saturated heterocycles. The van der Waals surface area contributed by atoms with E-state index in [1.165, 1.54) is 6.08 Å². The molecule has 0 aliphatic heterocycles. The normalized spacial score (nSPS) is 16.3. The zero-order valence-electron chi connectivity index (χ0n) is 11.1. The maximum atomic E-state index is 12.0. The van der Waals surface area contributed by atoms with E-state index in [9.17, 15) is 9.59 Å². The number of amides is 1. The monoisotopic (exact) mass is 259 g/mol. The van der Waals surface area contributed by atoms with Crippen LogP contribution in [0.2, 0.25) is 0 Å². The van der Waals surface area contributed by atoms with Crippen LogP contribution in [0.5, 0.6) is 0 Å². The highest BCUT2D eigenvalue weighted by atomic mass is 16.4. The summed E-state index contributed by atoms with van der Waals surface area (Å²) in [5.41, 5.74) is 2.26. The van der Waals surface area contributed by atoms with Crippen LogP contribution in [0.1, 0.15) is 41.3 Å². The van der Waals surface area contributed by atoms with E-state index in [4.69, 9.17) is 5.11 Å². The lowest BCUT2D eigenvalue weighted by Crippen LogP contribution is -2.34. The van der Waals surface area contributed by atoms with Gasteiger partial charge in [0.25, 0.3) is 5.91 Å². The van der Waals surface area contributed by atoms with Crippen LogP contribution >= 0.6 is 0 Å².